The Morgan fingerprint density at radius 2 is 1.94 bits per heavy atom. The zero-order valence-corrected chi connectivity index (χ0v) is 12.1. The second-order valence-electron chi connectivity index (χ2n) is 4.45. The van der Waals surface area contributed by atoms with Crippen molar-refractivity contribution in [2.24, 2.45) is 0 Å². The van der Waals surface area contributed by atoms with Gasteiger partial charge < -0.3 is 10.6 Å². The molecule has 0 atom stereocenters. The molecule has 2 N–H and O–H groups in total. The van der Waals surface area contributed by atoms with Gasteiger partial charge in [-0.25, -0.2) is 0 Å². The van der Waals surface area contributed by atoms with Crippen molar-refractivity contribution in [3.63, 3.8) is 0 Å². The molecule has 0 aliphatic rings. The molecule has 0 unspecified atom stereocenters. The number of thioether (sulfide) groups is 1. The molecule has 1 aromatic rings. The highest BCUT2D eigenvalue weighted by Gasteiger charge is 2.00. The van der Waals surface area contributed by atoms with E-state index in [1.54, 1.807) is 18.8 Å². The highest BCUT2D eigenvalue weighted by atomic mass is 32.2. The molecule has 0 heterocycles. The van der Waals surface area contributed by atoms with Crippen LogP contribution in [0.5, 0.6) is 0 Å². The van der Waals surface area contributed by atoms with Gasteiger partial charge in [0.2, 0.25) is 5.91 Å². The van der Waals surface area contributed by atoms with Gasteiger partial charge >= 0.3 is 0 Å². The maximum absolute atomic E-state index is 11.1. The second kappa shape index (κ2) is 8.16. The van der Waals surface area contributed by atoms with E-state index in [2.05, 4.69) is 48.7 Å². The molecule has 0 aromatic heterocycles. The third kappa shape index (κ3) is 6.07. The molecular formula is C14H22N2OS. The Hall–Kier alpha value is -1.00. The maximum atomic E-state index is 11.1. The lowest BCUT2D eigenvalue weighted by atomic mass is 10.2. The zero-order valence-electron chi connectivity index (χ0n) is 11.3. The Morgan fingerprint density at radius 1 is 1.28 bits per heavy atom. The molecule has 0 aliphatic heterocycles. The lowest BCUT2D eigenvalue weighted by Gasteiger charge is -2.08. The van der Waals surface area contributed by atoms with Crippen LogP contribution in [0.3, 0.4) is 0 Å². The molecule has 3 nitrogen and oxygen atoms in total. The summed E-state index contributed by atoms with van der Waals surface area (Å²) in [6, 6.07) is 9.01. The van der Waals surface area contributed by atoms with Gasteiger partial charge in [0.1, 0.15) is 0 Å². The topological polar surface area (TPSA) is 41.1 Å². The molecule has 0 spiro atoms. The third-order valence-electron chi connectivity index (χ3n) is 2.51. The Bertz CT molecular complexity index is 363. The Morgan fingerprint density at radius 3 is 2.50 bits per heavy atom. The fourth-order valence-electron chi connectivity index (χ4n) is 1.41. The van der Waals surface area contributed by atoms with Crippen molar-refractivity contribution < 1.29 is 4.79 Å². The van der Waals surface area contributed by atoms with E-state index in [4.69, 9.17) is 0 Å². The number of benzene rings is 1. The standard InChI is InChI=1S/C14H22N2OS/c1-11(2)16-10-12-4-6-13(7-5-12)18-9-8-14(17)15-3/h4-7,11,16H,8-10H2,1-3H3,(H,15,17). The first kappa shape index (κ1) is 15.1. The van der Waals surface area contributed by atoms with E-state index in [0.717, 1.165) is 12.3 Å². The first-order valence-corrected chi connectivity index (χ1v) is 7.26. The van der Waals surface area contributed by atoms with Crippen LogP contribution in [0.1, 0.15) is 25.8 Å². The monoisotopic (exact) mass is 266 g/mol. The molecule has 1 rings (SSSR count). The van der Waals surface area contributed by atoms with E-state index in [1.165, 1.54) is 10.5 Å². The predicted octanol–water partition coefficient (Wildman–Crippen LogP) is 2.41. The molecule has 0 aliphatic carbocycles. The van der Waals surface area contributed by atoms with Crippen LogP contribution in [0, 0.1) is 0 Å². The number of hydrogen-bond acceptors (Lipinski definition) is 3. The lowest BCUT2D eigenvalue weighted by molar-refractivity contribution is -0.120. The van der Waals surface area contributed by atoms with Crippen molar-refractivity contribution in [2.45, 2.75) is 37.8 Å². The molecule has 100 valence electrons. The maximum Gasteiger partial charge on any atom is 0.220 e. The van der Waals surface area contributed by atoms with E-state index < -0.39 is 0 Å². The van der Waals surface area contributed by atoms with Gasteiger partial charge in [0.05, 0.1) is 0 Å². The number of nitrogens with one attached hydrogen (secondary N) is 2. The quantitative estimate of drug-likeness (QED) is 0.745. The summed E-state index contributed by atoms with van der Waals surface area (Å²) in [4.78, 5) is 12.3. The van der Waals surface area contributed by atoms with E-state index >= 15 is 0 Å². The van der Waals surface area contributed by atoms with Crippen LogP contribution in [-0.2, 0) is 11.3 Å². The molecule has 0 fully saturated rings. The molecule has 0 saturated carbocycles. The summed E-state index contributed by atoms with van der Waals surface area (Å²) < 4.78 is 0. The van der Waals surface area contributed by atoms with Gasteiger partial charge in [0.15, 0.2) is 0 Å². The molecular weight excluding hydrogens is 244 g/mol. The van der Waals surface area contributed by atoms with Crippen LogP contribution in [0.25, 0.3) is 0 Å². The van der Waals surface area contributed by atoms with Gasteiger partial charge in [0, 0.05) is 36.7 Å². The van der Waals surface area contributed by atoms with Gasteiger partial charge in [-0.05, 0) is 17.7 Å². The number of carbonyl (C=O) groups excluding carboxylic acids is 1. The van der Waals surface area contributed by atoms with Crippen molar-refractivity contribution in [2.75, 3.05) is 12.8 Å². The average molecular weight is 266 g/mol. The van der Waals surface area contributed by atoms with Crippen LogP contribution < -0.4 is 10.6 Å². The van der Waals surface area contributed by atoms with E-state index in [9.17, 15) is 4.79 Å². The van der Waals surface area contributed by atoms with Crippen molar-refractivity contribution >= 4 is 17.7 Å². The van der Waals surface area contributed by atoms with Crippen LogP contribution in [0.2, 0.25) is 0 Å². The normalized spacial score (nSPS) is 10.7. The summed E-state index contributed by atoms with van der Waals surface area (Å²) in [6.07, 6.45) is 0.567. The number of hydrogen-bond donors (Lipinski definition) is 2. The molecule has 1 aromatic carbocycles. The predicted molar refractivity (Wildman–Crippen MR) is 77.8 cm³/mol. The van der Waals surface area contributed by atoms with Gasteiger partial charge in [-0.15, -0.1) is 11.8 Å². The fourth-order valence-corrected chi connectivity index (χ4v) is 2.26. The van der Waals surface area contributed by atoms with Crippen molar-refractivity contribution in [1.29, 1.82) is 0 Å². The van der Waals surface area contributed by atoms with E-state index in [-0.39, 0.29) is 5.91 Å². The summed E-state index contributed by atoms with van der Waals surface area (Å²) in [5.74, 6) is 0.920. The fraction of sp³-hybridized carbons (Fsp3) is 0.500. The summed E-state index contributed by atoms with van der Waals surface area (Å²) in [6.45, 7) is 5.19. The first-order valence-electron chi connectivity index (χ1n) is 6.27. The van der Waals surface area contributed by atoms with Crippen LogP contribution in [0.15, 0.2) is 29.2 Å². The molecule has 0 saturated heterocycles. The first-order chi connectivity index (χ1) is 8.61. The van der Waals surface area contributed by atoms with E-state index in [1.807, 2.05) is 0 Å². The summed E-state index contributed by atoms with van der Waals surface area (Å²) in [7, 11) is 1.67. The van der Waals surface area contributed by atoms with Crippen molar-refractivity contribution in [3.05, 3.63) is 29.8 Å². The largest absolute Gasteiger partial charge is 0.359 e. The smallest absolute Gasteiger partial charge is 0.220 e. The van der Waals surface area contributed by atoms with Crippen LogP contribution in [-0.4, -0.2) is 24.7 Å². The van der Waals surface area contributed by atoms with Gasteiger partial charge in [-0.3, -0.25) is 4.79 Å². The highest BCUT2D eigenvalue weighted by Crippen LogP contribution is 2.19. The lowest BCUT2D eigenvalue weighted by Crippen LogP contribution is -2.21. The third-order valence-corrected chi connectivity index (χ3v) is 3.53. The van der Waals surface area contributed by atoms with Gasteiger partial charge in [-0.2, -0.15) is 0 Å². The van der Waals surface area contributed by atoms with E-state index in [0.29, 0.717) is 12.5 Å². The minimum Gasteiger partial charge on any atom is -0.359 e. The molecule has 4 heteroatoms. The molecule has 0 bridgehead atoms. The summed E-state index contributed by atoms with van der Waals surface area (Å²) in [5.41, 5.74) is 1.29. The van der Waals surface area contributed by atoms with Crippen LogP contribution >= 0.6 is 11.8 Å². The Labute approximate surface area is 114 Å². The molecule has 1 amide bonds. The Kier molecular flexibility index (Phi) is 6.83. The summed E-state index contributed by atoms with van der Waals surface area (Å²) >= 11 is 1.72. The Balaban J connectivity index is 2.33. The van der Waals surface area contributed by atoms with Crippen LogP contribution in [0.4, 0.5) is 0 Å². The number of rotatable bonds is 7. The minimum atomic E-state index is 0.0975. The second-order valence-corrected chi connectivity index (χ2v) is 5.62. The van der Waals surface area contributed by atoms with Crippen molar-refractivity contribution in [1.82, 2.24) is 10.6 Å². The SMILES string of the molecule is CNC(=O)CCSc1ccc(CNC(C)C)cc1. The average Bonchev–Trinajstić information content (AvgIpc) is 2.37. The molecule has 0 radical (unpaired) electrons. The van der Waals surface area contributed by atoms with Gasteiger partial charge in [-0.1, -0.05) is 26.0 Å². The highest BCUT2D eigenvalue weighted by molar-refractivity contribution is 7.99. The number of carbonyl (C=O) groups is 1. The van der Waals surface area contributed by atoms with Crippen molar-refractivity contribution in [3.8, 4) is 0 Å². The van der Waals surface area contributed by atoms with Gasteiger partial charge in [0.25, 0.3) is 0 Å². The minimum absolute atomic E-state index is 0.0975. The number of amides is 1. The summed E-state index contributed by atoms with van der Waals surface area (Å²) in [5, 5.41) is 6.01. The molecule has 18 heavy (non-hydrogen) atoms. The zero-order chi connectivity index (χ0) is 13.4.